The van der Waals surface area contributed by atoms with Crippen molar-refractivity contribution in [3.63, 3.8) is 0 Å². The van der Waals surface area contributed by atoms with Crippen molar-refractivity contribution in [3.8, 4) is 22.8 Å². The van der Waals surface area contributed by atoms with E-state index in [0.717, 1.165) is 34.5 Å². The van der Waals surface area contributed by atoms with Crippen LogP contribution in [0.15, 0.2) is 64.1 Å². The Morgan fingerprint density at radius 2 is 2.03 bits per heavy atom. The van der Waals surface area contributed by atoms with Gasteiger partial charge < -0.3 is 18.4 Å². The second kappa shape index (κ2) is 9.44. The number of benzene rings is 1. The maximum Gasteiger partial charge on any atom is 0.264 e. The Balaban J connectivity index is 1.61. The first-order chi connectivity index (χ1) is 15.1. The van der Waals surface area contributed by atoms with Gasteiger partial charge >= 0.3 is 0 Å². The zero-order valence-corrected chi connectivity index (χ0v) is 17.7. The van der Waals surface area contributed by atoms with E-state index in [1.165, 1.54) is 0 Å². The number of pyridine rings is 1. The van der Waals surface area contributed by atoms with Crippen LogP contribution in [-0.2, 0) is 19.7 Å². The molecule has 0 atom stereocenters. The average molecular weight is 420 g/mol. The highest BCUT2D eigenvalue weighted by molar-refractivity contribution is 5.70. The van der Waals surface area contributed by atoms with E-state index in [4.69, 9.17) is 18.4 Å². The Hall–Kier alpha value is -3.65. The van der Waals surface area contributed by atoms with Crippen LogP contribution in [-0.4, -0.2) is 34.2 Å². The van der Waals surface area contributed by atoms with Crippen molar-refractivity contribution >= 4 is 0 Å². The van der Waals surface area contributed by atoms with Crippen LogP contribution < -0.4 is 9.47 Å². The van der Waals surface area contributed by atoms with Crippen LogP contribution in [0.2, 0.25) is 0 Å². The molecule has 0 aliphatic carbocycles. The summed E-state index contributed by atoms with van der Waals surface area (Å²) in [7, 11) is 3.67. The number of ether oxygens (including phenoxy) is 2. The molecule has 160 valence electrons. The third-order valence-electron chi connectivity index (χ3n) is 4.73. The van der Waals surface area contributed by atoms with E-state index in [1.54, 1.807) is 32.8 Å². The van der Waals surface area contributed by atoms with Crippen LogP contribution in [0.1, 0.15) is 22.8 Å². The standard InChI is InChI=1S/C23H24N4O4/c1-16-25-22(31-26-16)15-30-21-7-6-18(20-5-4-9-24-23(20)28-3)11-19(21)13-27(2)12-17-8-10-29-14-17/h4-11,14H,12-13,15H2,1-3H3. The number of nitrogens with zero attached hydrogens (tertiary/aromatic N) is 4. The largest absolute Gasteiger partial charge is 0.483 e. The summed E-state index contributed by atoms with van der Waals surface area (Å²) < 4.78 is 21.8. The Bertz CT molecular complexity index is 1120. The normalized spacial score (nSPS) is 11.1. The number of rotatable bonds is 9. The summed E-state index contributed by atoms with van der Waals surface area (Å²) in [5.41, 5.74) is 4.04. The van der Waals surface area contributed by atoms with Crippen molar-refractivity contribution in [2.24, 2.45) is 0 Å². The second-order valence-electron chi connectivity index (χ2n) is 7.21. The first-order valence-corrected chi connectivity index (χ1v) is 9.86. The third-order valence-corrected chi connectivity index (χ3v) is 4.73. The highest BCUT2D eigenvalue weighted by Gasteiger charge is 2.14. The molecule has 3 aromatic heterocycles. The smallest absolute Gasteiger partial charge is 0.264 e. The predicted molar refractivity (Wildman–Crippen MR) is 113 cm³/mol. The van der Waals surface area contributed by atoms with E-state index in [9.17, 15) is 0 Å². The lowest BCUT2D eigenvalue weighted by molar-refractivity contribution is 0.235. The molecular formula is C23H24N4O4. The zero-order chi connectivity index (χ0) is 21.6. The minimum atomic E-state index is 0.203. The molecule has 0 N–H and O–H groups in total. The summed E-state index contributed by atoms with van der Waals surface area (Å²) in [5, 5.41) is 3.81. The molecule has 0 bridgehead atoms. The van der Waals surface area contributed by atoms with E-state index in [2.05, 4.69) is 33.1 Å². The quantitative estimate of drug-likeness (QED) is 0.397. The molecule has 4 aromatic rings. The fourth-order valence-electron chi connectivity index (χ4n) is 3.36. The lowest BCUT2D eigenvalue weighted by Gasteiger charge is -2.19. The molecule has 0 fully saturated rings. The molecule has 0 aliphatic rings. The first kappa shape index (κ1) is 20.6. The third kappa shape index (κ3) is 5.10. The van der Waals surface area contributed by atoms with Crippen molar-refractivity contribution in [1.29, 1.82) is 0 Å². The maximum atomic E-state index is 6.03. The summed E-state index contributed by atoms with van der Waals surface area (Å²) in [6, 6.07) is 11.9. The minimum absolute atomic E-state index is 0.203. The van der Waals surface area contributed by atoms with Crippen molar-refractivity contribution in [2.75, 3.05) is 14.2 Å². The van der Waals surface area contributed by atoms with Crippen LogP contribution in [0.25, 0.3) is 11.1 Å². The number of furan rings is 1. The lowest BCUT2D eigenvalue weighted by Crippen LogP contribution is -2.17. The summed E-state index contributed by atoms with van der Waals surface area (Å²) in [6.07, 6.45) is 5.15. The fourth-order valence-corrected chi connectivity index (χ4v) is 3.36. The summed E-state index contributed by atoms with van der Waals surface area (Å²) in [4.78, 5) is 10.7. The van der Waals surface area contributed by atoms with Crippen molar-refractivity contribution in [2.45, 2.75) is 26.6 Å². The topological polar surface area (TPSA) is 86.7 Å². The second-order valence-corrected chi connectivity index (χ2v) is 7.21. The number of aryl methyl sites for hydroxylation is 1. The van der Waals surface area contributed by atoms with Crippen LogP contribution in [0, 0.1) is 6.92 Å². The van der Waals surface area contributed by atoms with Gasteiger partial charge in [-0.15, -0.1) is 0 Å². The van der Waals surface area contributed by atoms with Gasteiger partial charge in [0.15, 0.2) is 12.4 Å². The molecule has 8 heteroatoms. The molecule has 4 rings (SSSR count). The van der Waals surface area contributed by atoms with Crippen LogP contribution >= 0.6 is 0 Å². The van der Waals surface area contributed by atoms with Gasteiger partial charge in [0.05, 0.1) is 19.6 Å². The molecule has 0 spiro atoms. The molecule has 0 amide bonds. The van der Waals surface area contributed by atoms with Crippen molar-refractivity contribution in [3.05, 3.63) is 78.0 Å². The van der Waals surface area contributed by atoms with Gasteiger partial charge in [0.1, 0.15) is 5.75 Å². The van der Waals surface area contributed by atoms with Gasteiger partial charge in [0, 0.05) is 36.0 Å². The Labute approximate surface area is 180 Å². The molecule has 31 heavy (non-hydrogen) atoms. The Morgan fingerprint density at radius 1 is 1.13 bits per heavy atom. The monoisotopic (exact) mass is 420 g/mol. The van der Waals surface area contributed by atoms with E-state index in [1.807, 2.05) is 30.3 Å². The Morgan fingerprint density at radius 3 is 2.77 bits per heavy atom. The van der Waals surface area contributed by atoms with E-state index in [-0.39, 0.29) is 6.61 Å². The highest BCUT2D eigenvalue weighted by atomic mass is 16.5. The van der Waals surface area contributed by atoms with Gasteiger partial charge in [-0.05, 0) is 49.9 Å². The first-order valence-electron chi connectivity index (χ1n) is 9.86. The summed E-state index contributed by atoms with van der Waals surface area (Å²) >= 11 is 0. The molecule has 0 saturated carbocycles. The number of hydrogen-bond acceptors (Lipinski definition) is 8. The summed E-state index contributed by atoms with van der Waals surface area (Å²) in [5.74, 6) is 2.35. The van der Waals surface area contributed by atoms with Crippen LogP contribution in [0.5, 0.6) is 11.6 Å². The lowest BCUT2D eigenvalue weighted by atomic mass is 10.0. The van der Waals surface area contributed by atoms with Crippen LogP contribution in [0.3, 0.4) is 0 Å². The van der Waals surface area contributed by atoms with E-state index in [0.29, 0.717) is 24.1 Å². The average Bonchev–Trinajstić information content (AvgIpc) is 3.44. The van der Waals surface area contributed by atoms with E-state index < -0.39 is 0 Å². The van der Waals surface area contributed by atoms with Gasteiger partial charge in [-0.1, -0.05) is 11.2 Å². The zero-order valence-electron chi connectivity index (χ0n) is 17.7. The maximum absolute atomic E-state index is 6.03. The number of aromatic nitrogens is 3. The fraction of sp³-hybridized carbons (Fsp3) is 0.261. The molecule has 0 unspecified atom stereocenters. The number of hydrogen-bond donors (Lipinski definition) is 0. The molecule has 0 saturated heterocycles. The van der Waals surface area contributed by atoms with Gasteiger partial charge in [-0.25, -0.2) is 4.98 Å². The molecule has 3 heterocycles. The molecule has 1 aromatic carbocycles. The van der Waals surface area contributed by atoms with Crippen LogP contribution in [0.4, 0.5) is 0 Å². The molecule has 8 nitrogen and oxygen atoms in total. The van der Waals surface area contributed by atoms with E-state index >= 15 is 0 Å². The predicted octanol–water partition coefficient (Wildman–Crippen LogP) is 4.25. The SMILES string of the molecule is COc1ncccc1-c1ccc(OCc2nc(C)no2)c(CN(C)Cc2ccoc2)c1. The van der Waals surface area contributed by atoms with Gasteiger partial charge in [-0.2, -0.15) is 4.98 Å². The minimum Gasteiger partial charge on any atom is -0.483 e. The molecule has 0 radical (unpaired) electrons. The summed E-state index contributed by atoms with van der Waals surface area (Å²) in [6.45, 7) is 3.40. The van der Waals surface area contributed by atoms with Gasteiger partial charge in [0.25, 0.3) is 5.89 Å². The highest BCUT2D eigenvalue weighted by Crippen LogP contribution is 2.32. The number of methoxy groups -OCH3 is 1. The van der Waals surface area contributed by atoms with Crippen molar-refractivity contribution < 1.29 is 18.4 Å². The Kier molecular flexibility index (Phi) is 6.28. The van der Waals surface area contributed by atoms with Crippen molar-refractivity contribution in [1.82, 2.24) is 20.0 Å². The molecular weight excluding hydrogens is 396 g/mol. The van der Waals surface area contributed by atoms with Gasteiger partial charge in [-0.3, -0.25) is 4.90 Å². The van der Waals surface area contributed by atoms with Gasteiger partial charge in [0.2, 0.25) is 5.88 Å². The molecule has 0 aliphatic heterocycles.